The van der Waals surface area contributed by atoms with Crippen LogP contribution in [0.1, 0.15) is 12.5 Å². The van der Waals surface area contributed by atoms with Gasteiger partial charge in [-0.3, -0.25) is 9.89 Å². The van der Waals surface area contributed by atoms with E-state index in [9.17, 15) is 9.59 Å². The molecule has 132 valence electrons. The number of aromatic nitrogens is 2. The topological polar surface area (TPSA) is 84.3 Å². The van der Waals surface area contributed by atoms with Crippen LogP contribution in [0.15, 0.2) is 59.4 Å². The van der Waals surface area contributed by atoms with Gasteiger partial charge >= 0.3 is 5.97 Å². The lowest BCUT2D eigenvalue weighted by molar-refractivity contribution is -0.144. The van der Waals surface area contributed by atoms with Crippen molar-refractivity contribution in [2.45, 2.75) is 13.0 Å². The van der Waals surface area contributed by atoms with Crippen molar-refractivity contribution < 1.29 is 14.6 Å². The Morgan fingerprint density at radius 2 is 1.85 bits per heavy atom. The number of H-pyrrole nitrogens is 1. The smallest absolute Gasteiger partial charge is 0.344 e. The number of carboxylic acids is 1. The second-order valence-corrected chi connectivity index (χ2v) is 5.79. The summed E-state index contributed by atoms with van der Waals surface area (Å²) < 4.78 is 6.74. The Morgan fingerprint density at radius 3 is 2.46 bits per heavy atom. The van der Waals surface area contributed by atoms with Gasteiger partial charge < -0.3 is 9.84 Å². The van der Waals surface area contributed by atoms with E-state index in [-0.39, 0.29) is 5.56 Å². The van der Waals surface area contributed by atoms with E-state index in [1.807, 2.05) is 30.3 Å². The van der Waals surface area contributed by atoms with Crippen molar-refractivity contribution in [2.24, 2.45) is 0 Å². The molecule has 3 aromatic rings. The fraction of sp³-hybridized carbons (Fsp3) is 0.100. The maximum absolute atomic E-state index is 12.7. The highest BCUT2D eigenvalue weighted by atomic mass is 16.5. The molecule has 3 rings (SSSR count). The Morgan fingerprint density at radius 1 is 1.19 bits per heavy atom. The van der Waals surface area contributed by atoms with Gasteiger partial charge in [0.05, 0.1) is 16.3 Å². The number of aromatic amines is 1. The molecule has 0 saturated heterocycles. The van der Waals surface area contributed by atoms with E-state index >= 15 is 0 Å². The summed E-state index contributed by atoms with van der Waals surface area (Å²) in [6, 6.07) is 16.1. The summed E-state index contributed by atoms with van der Waals surface area (Å²) in [5.74, 6) is -0.584. The molecule has 26 heavy (non-hydrogen) atoms. The molecule has 0 unspecified atom stereocenters. The lowest BCUT2D eigenvalue weighted by Crippen LogP contribution is -2.33. The lowest BCUT2D eigenvalue weighted by Gasteiger charge is -2.09. The number of benzene rings is 2. The highest BCUT2D eigenvalue weighted by molar-refractivity contribution is 5.72. The van der Waals surface area contributed by atoms with Gasteiger partial charge in [0, 0.05) is 0 Å². The number of hydrogen-bond donors (Lipinski definition) is 2. The average Bonchev–Trinajstić information content (AvgIpc) is 2.92. The first-order valence-corrected chi connectivity index (χ1v) is 8.02. The Balaban J connectivity index is 1.94. The number of para-hydroxylation sites is 1. The number of nitrogens with zero attached hydrogens (tertiary/aromatic N) is 1. The summed E-state index contributed by atoms with van der Waals surface area (Å²) in [7, 11) is 0. The molecular weight excluding hydrogens is 332 g/mol. The summed E-state index contributed by atoms with van der Waals surface area (Å²) >= 11 is 0. The molecular formula is C20H18N2O4. The number of ether oxygens (including phenoxy) is 1. The predicted octanol–water partition coefficient (Wildman–Crippen LogP) is 1.26. The number of rotatable bonds is 5. The van der Waals surface area contributed by atoms with Crippen LogP contribution in [-0.4, -0.2) is 27.0 Å². The van der Waals surface area contributed by atoms with Crippen molar-refractivity contribution in [3.05, 3.63) is 81.1 Å². The number of carboxylic acid groups (broad SMARTS) is 1. The second-order valence-electron chi connectivity index (χ2n) is 5.79. The first-order valence-electron chi connectivity index (χ1n) is 8.02. The molecule has 0 saturated carbocycles. The number of carbonyl (C=O) groups is 1. The second kappa shape index (κ2) is 7.14. The number of nitrogens with one attached hydrogen (secondary N) is 1. The molecule has 1 aromatic heterocycles. The van der Waals surface area contributed by atoms with E-state index in [1.165, 1.54) is 11.6 Å². The Hall–Kier alpha value is -3.54. The van der Waals surface area contributed by atoms with E-state index in [0.29, 0.717) is 16.3 Å². The van der Waals surface area contributed by atoms with Crippen LogP contribution < -0.4 is 20.9 Å². The molecule has 6 heteroatoms. The SMILES string of the molecule is C=c1[nH]n(-c2ccccc2)c(=O)/c1=C\c1ccc(O[C@H](C)C(=O)O)cc1. The zero-order chi connectivity index (χ0) is 18.7. The fourth-order valence-electron chi connectivity index (χ4n) is 2.47. The van der Waals surface area contributed by atoms with Gasteiger partial charge in [-0.2, -0.15) is 0 Å². The first-order chi connectivity index (χ1) is 12.5. The summed E-state index contributed by atoms with van der Waals surface area (Å²) in [6.07, 6.45) is 0.796. The first kappa shape index (κ1) is 17.3. The highest BCUT2D eigenvalue weighted by Crippen LogP contribution is 2.14. The zero-order valence-electron chi connectivity index (χ0n) is 14.2. The minimum absolute atomic E-state index is 0.193. The molecule has 0 aliphatic rings. The van der Waals surface area contributed by atoms with Crippen LogP contribution in [0.2, 0.25) is 0 Å². The molecule has 1 atom stereocenters. The molecule has 2 N–H and O–H groups in total. The Kier molecular flexibility index (Phi) is 4.75. The Bertz CT molecular complexity index is 1080. The van der Waals surface area contributed by atoms with Crippen LogP contribution in [0.25, 0.3) is 18.3 Å². The molecule has 2 aromatic carbocycles. The van der Waals surface area contributed by atoms with Crippen LogP contribution in [0.5, 0.6) is 5.75 Å². The normalized spacial score (nSPS) is 12.7. The van der Waals surface area contributed by atoms with Gasteiger partial charge in [-0.05, 0) is 42.8 Å². The van der Waals surface area contributed by atoms with Gasteiger partial charge in [-0.1, -0.05) is 36.9 Å². The van der Waals surface area contributed by atoms with Crippen molar-refractivity contribution in [3.63, 3.8) is 0 Å². The summed E-state index contributed by atoms with van der Waals surface area (Å²) in [5.41, 5.74) is 1.32. The maximum atomic E-state index is 12.7. The minimum atomic E-state index is -1.03. The average molecular weight is 350 g/mol. The molecule has 0 aliphatic carbocycles. The van der Waals surface area contributed by atoms with Gasteiger partial charge in [0.2, 0.25) is 0 Å². The molecule has 6 nitrogen and oxygen atoms in total. The molecule has 1 heterocycles. The third-order valence-corrected chi connectivity index (χ3v) is 3.87. The largest absolute Gasteiger partial charge is 0.479 e. The zero-order valence-corrected chi connectivity index (χ0v) is 14.2. The third-order valence-electron chi connectivity index (χ3n) is 3.87. The minimum Gasteiger partial charge on any atom is -0.479 e. The lowest BCUT2D eigenvalue weighted by atomic mass is 10.2. The number of hydrogen-bond acceptors (Lipinski definition) is 3. The molecule has 0 fully saturated rings. The van der Waals surface area contributed by atoms with Crippen molar-refractivity contribution in [1.29, 1.82) is 0 Å². The molecule has 0 amide bonds. The van der Waals surface area contributed by atoms with Crippen molar-refractivity contribution in [1.82, 2.24) is 9.78 Å². The van der Waals surface area contributed by atoms with E-state index in [0.717, 1.165) is 11.3 Å². The van der Waals surface area contributed by atoms with Crippen LogP contribution >= 0.6 is 0 Å². The molecule has 0 radical (unpaired) electrons. The summed E-state index contributed by atoms with van der Waals surface area (Å²) in [4.78, 5) is 23.5. The van der Waals surface area contributed by atoms with E-state index in [4.69, 9.17) is 9.84 Å². The summed E-state index contributed by atoms with van der Waals surface area (Å²) in [6.45, 7) is 5.36. The fourth-order valence-corrected chi connectivity index (χ4v) is 2.47. The van der Waals surface area contributed by atoms with Crippen molar-refractivity contribution in [3.8, 4) is 11.4 Å². The van der Waals surface area contributed by atoms with Gasteiger partial charge in [0.15, 0.2) is 6.10 Å². The van der Waals surface area contributed by atoms with Gasteiger partial charge in [-0.25, -0.2) is 9.48 Å². The van der Waals surface area contributed by atoms with E-state index in [2.05, 4.69) is 11.7 Å². The maximum Gasteiger partial charge on any atom is 0.344 e. The van der Waals surface area contributed by atoms with E-state index < -0.39 is 12.1 Å². The van der Waals surface area contributed by atoms with Crippen LogP contribution in [0.3, 0.4) is 0 Å². The van der Waals surface area contributed by atoms with Gasteiger partial charge in [0.1, 0.15) is 5.75 Å². The highest BCUT2D eigenvalue weighted by Gasteiger charge is 2.12. The van der Waals surface area contributed by atoms with Crippen LogP contribution in [0.4, 0.5) is 0 Å². The third kappa shape index (κ3) is 3.59. The van der Waals surface area contributed by atoms with Gasteiger partial charge in [-0.15, -0.1) is 0 Å². The number of aliphatic carboxylic acids is 1. The molecule has 0 spiro atoms. The Labute approximate surface area is 149 Å². The van der Waals surface area contributed by atoms with Crippen LogP contribution in [-0.2, 0) is 4.79 Å². The standard InChI is InChI=1S/C20H18N2O4/c1-13-18(19(23)22(21-13)16-6-4-3-5-7-16)12-15-8-10-17(11-9-15)26-14(2)20(24)25/h3-12,14,21H,1H2,2H3,(H,24,25)/b18-12-/t14-/m1/s1. The molecule has 0 aliphatic heterocycles. The van der Waals surface area contributed by atoms with Crippen molar-refractivity contribution in [2.75, 3.05) is 0 Å². The quantitative estimate of drug-likeness (QED) is 0.725. The monoisotopic (exact) mass is 350 g/mol. The molecule has 0 bridgehead atoms. The van der Waals surface area contributed by atoms with E-state index in [1.54, 1.807) is 30.3 Å². The van der Waals surface area contributed by atoms with Crippen LogP contribution in [0, 0.1) is 0 Å². The van der Waals surface area contributed by atoms with Crippen molar-refractivity contribution >= 4 is 18.6 Å². The van der Waals surface area contributed by atoms with Gasteiger partial charge in [0.25, 0.3) is 5.56 Å². The predicted molar refractivity (Wildman–Crippen MR) is 98.9 cm³/mol. The summed E-state index contributed by atoms with van der Waals surface area (Å²) in [5, 5.41) is 12.8.